The number of imidazole rings is 1. The normalized spacial score (nSPS) is 14.8. The van der Waals surface area contributed by atoms with Gasteiger partial charge >= 0.3 is 5.97 Å². The van der Waals surface area contributed by atoms with E-state index in [4.69, 9.17) is 19.2 Å². The van der Waals surface area contributed by atoms with Crippen LogP contribution >= 0.6 is 0 Å². The number of nitrogens with one attached hydrogen (secondary N) is 1. The van der Waals surface area contributed by atoms with Crippen LogP contribution in [0.25, 0.3) is 22.4 Å². The molecule has 2 heterocycles. The Balaban J connectivity index is 1.40. The standard InChI is InChI=1S/C28H38N4O5/c1-5-32-25-11-10-22(17-24(25)30-26(32)20-16-19(2)27(33)31(3)18-20)36-15-13-29-23(12-14-35-4)28(34)37-21-8-6-7-9-21/h10-11,16-18,21,23,29H,5-9,12-15H2,1-4H3. The third kappa shape index (κ3) is 6.40. The molecule has 0 radical (unpaired) electrons. The van der Waals surface area contributed by atoms with Crippen LogP contribution in [0.2, 0.25) is 0 Å². The van der Waals surface area contributed by atoms with Gasteiger partial charge in [0.1, 0.15) is 30.3 Å². The van der Waals surface area contributed by atoms with E-state index in [0.29, 0.717) is 37.5 Å². The summed E-state index contributed by atoms with van der Waals surface area (Å²) in [7, 11) is 3.38. The van der Waals surface area contributed by atoms with Gasteiger partial charge in [-0.25, -0.2) is 4.98 Å². The molecule has 1 aliphatic rings. The summed E-state index contributed by atoms with van der Waals surface area (Å²) in [5.41, 5.74) is 3.40. The molecule has 1 fully saturated rings. The van der Waals surface area contributed by atoms with Crippen molar-refractivity contribution in [3.8, 4) is 17.1 Å². The molecule has 0 spiro atoms. The van der Waals surface area contributed by atoms with Gasteiger partial charge in [-0.05, 0) is 64.2 Å². The number of benzene rings is 1. The summed E-state index contributed by atoms with van der Waals surface area (Å²) in [6.07, 6.45) is 6.56. The van der Waals surface area contributed by atoms with E-state index in [9.17, 15) is 9.59 Å². The number of carbonyl (C=O) groups excluding carboxylic acids is 1. The zero-order chi connectivity index (χ0) is 26.4. The maximum absolute atomic E-state index is 12.6. The number of rotatable bonds is 12. The van der Waals surface area contributed by atoms with Crippen molar-refractivity contribution in [1.29, 1.82) is 0 Å². The first-order valence-corrected chi connectivity index (χ1v) is 13.1. The van der Waals surface area contributed by atoms with Crippen LogP contribution < -0.4 is 15.6 Å². The predicted molar refractivity (Wildman–Crippen MR) is 143 cm³/mol. The molecule has 9 nitrogen and oxygen atoms in total. The average Bonchev–Trinajstić information content (AvgIpc) is 3.53. The summed E-state index contributed by atoms with van der Waals surface area (Å²) in [5, 5.41) is 3.27. The molecule has 200 valence electrons. The number of esters is 1. The van der Waals surface area contributed by atoms with E-state index in [2.05, 4.69) is 16.8 Å². The molecule has 1 aliphatic carbocycles. The molecule has 0 saturated heterocycles. The SMILES string of the molecule is CCn1c(-c2cc(C)c(=O)n(C)c2)nc2cc(OCCNC(CCOC)C(=O)OC3CCCC3)ccc21. The molecule has 9 heteroatoms. The second-order valence-electron chi connectivity index (χ2n) is 9.64. The second-order valence-corrected chi connectivity index (χ2v) is 9.64. The second kappa shape index (κ2) is 12.4. The number of nitrogens with zero attached hydrogens (tertiary/aromatic N) is 3. The van der Waals surface area contributed by atoms with Crippen molar-refractivity contribution in [2.24, 2.45) is 7.05 Å². The summed E-state index contributed by atoms with van der Waals surface area (Å²) in [5.74, 6) is 1.31. The highest BCUT2D eigenvalue weighted by atomic mass is 16.5. The fourth-order valence-electron chi connectivity index (χ4n) is 4.93. The Morgan fingerprint density at radius 1 is 1.22 bits per heavy atom. The van der Waals surface area contributed by atoms with E-state index in [1.807, 2.05) is 37.4 Å². The van der Waals surface area contributed by atoms with Crippen LogP contribution in [0.5, 0.6) is 5.75 Å². The van der Waals surface area contributed by atoms with Crippen LogP contribution in [0.1, 0.15) is 44.6 Å². The van der Waals surface area contributed by atoms with Gasteiger partial charge < -0.3 is 28.7 Å². The van der Waals surface area contributed by atoms with Gasteiger partial charge in [-0.2, -0.15) is 0 Å². The van der Waals surface area contributed by atoms with Crippen molar-refractivity contribution in [1.82, 2.24) is 19.4 Å². The average molecular weight is 511 g/mol. The minimum Gasteiger partial charge on any atom is -0.492 e. The molecular formula is C28H38N4O5. The molecule has 1 atom stereocenters. The van der Waals surface area contributed by atoms with Crippen molar-refractivity contribution in [2.45, 2.75) is 64.6 Å². The van der Waals surface area contributed by atoms with E-state index in [0.717, 1.165) is 54.6 Å². The first-order valence-electron chi connectivity index (χ1n) is 13.1. The number of hydrogen-bond acceptors (Lipinski definition) is 7. The summed E-state index contributed by atoms with van der Waals surface area (Å²) in [6, 6.07) is 7.34. The molecule has 0 amide bonds. The maximum Gasteiger partial charge on any atom is 0.323 e. The molecule has 0 bridgehead atoms. The number of methoxy groups -OCH3 is 1. The van der Waals surface area contributed by atoms with Crippen molar-refractivity contribution >= 4 is 17.0 Å². The van der Waals surface area contributed by atoms with Gasteiger partial charge in [-0.3, -0.25) is 9.59 Å². The van der Waals surface area contributed by atoms with E-state index in [-0.39, 0.29) is 17.6 Å². The molecular weight excluding hydrogens is 472 g/mol. The zero-order valence-electron chi connectivity index (χ0n) is 22.3. The van der Waals surface area contributed by atoms with Gasteiger partial charge in [0.15, 0.2) is 0 Å². The third-order valence-electron chi connectivity index (χ3n) is 6.90. The van der Waals surface area contributed by atoms with Crippen LogP contribution in [0.15, 0.2) is 35.3 Å². The fourth-order valence-corrected chi connectivity index (χ4v) is 4.93. The van der Waals surface area contributed by atoms with Gasteiger partial charge in [0, 0.05) is 57.2 Å². The van der Waals surface area contributed by atoms with E-state index < -0.39 is 6.04 Å². The Hall–Kier alpha value is -3.17. The van der Waals surface area contributed by atoms with Crippen molar-refractivity contribution in [3.05, 3.63) is 46.4 Å². The van der Waals surface area contributed by atoms with Crippen molar-refractivity contribution in [3.63, 3.8) is 0 Å². The highest BCUT2D eigenvalue weighted by Crippen LogP contribution is 2.27. The van der Waals surface area contributed by atoms with Crippen LogP contribution in [-0.4, -0.2) is 59.1 Å². The summed E-state index contributed by atoms with van der Waals surface area (Å²) in [4.78, 5) is 29.7. The lowest BCUT2D eigenvalue weighted by molar-refractivity contribution is -0.151. The van der Waals surface area contributed by atoms with Gasteiger partial charge in [0.2, 0.25) is 0 Å². The number of hydrogen-bond donors (Lipinski definition) is 1. The van der Waals surface area contributed by atoms with Crippen molar-refractivity contribution < 1.29 is 19.0 Å². The van der Waals surface area contributed by atoms with Gasteiger partial charge in [-0.1, -0.05) is 0 Å². The topological polar surface area (TPSA) is 96.6 Å². The highest BCUT2D eigenvalue weighted by Gasteiger charge is 2.25. The monoisotopic (exact) mass is 510 g/mol. The molecule has 2 aromatic heterocycles. The summed E-state index contributed by atoms with van der Waals surface area (Å²) < 4.78 is 20.6. The third-order valence-corrected chi connectivity index (χ3v) is 6.90. The number of aromatic nitrogens is 3. The lowest BCUT2D eigenvalue weighted by atomic mass is 10.2. The summed E-state index contributed by atoms with van der Waals surface area (Å²) in [6.45, 7) is 6.02. The van der Waals surface area contributed by atoms with Gasteiger partial charge in [-0.15, -0.1) is 0 Å². The summed E-state index contributed by atoms with van der Waals surface area (Å²) >= 11 is 0. The largest absolute Gasteiger partial charge is 0.492 e. The zero-order valence-corrected chi connectivity index (χ0v) is 22.3. The smallest absolute Gasteiger partial charge is 0.323 e. The van der Waals surface area contributed by atoms with Crippen LogP contribution in [0.3, 0.4) is 0 Å². The Morgan fingerprint density at radius 2 is 2.00 bits per heavy atom. The Bertz CT molecular complexity index is 1250. The Kier molecular flexibility index (Phi) is 9.00. The number of pyridine rings is 1. The Labute approximate surface area is 217 Å². The van der Waals surface area contributed by atoms with Gasteiger partial charge in [0.25, 0.3) is 5.56 Å². The minimum absolute atomic E-state index is 0.0107. The van der Waals surface area contributed by atoms with Crippen LogP contribution in [0.4, 0.5) is 0 Å². The van der Waals surface area contributed by atoms with Crippen LogP contribution in [-0.2, 0) is 27.9 Å². The highest BCUT2D eigenvalue weighted by molar-refractivity contribution is 5.82. The lowest BCUT2D eigenvalue weighted by Gasteiger charge is -2.20. The van der Waals surface area contributed by atoms with E-state index in [1.54, 1.807) is 18.7 Å². The predicted octanol–water partition coefficient (Wildman–Crippen LogP) is 3.59. The number of fused-ring (bicyclic) bond motifs is 1. The van der Waals surface area contributed by atoms with Crippen LogP contribution in [0, 0.1) is 6.92 Å². The molecule has 1 N–H and O–H groups in total. The first kappa shape index (κ1) is 26.9. The van der Waals surface area contributed by atoms with E-state index in [1.165, 1.54) is 0 Å². The number of carbonyl (C=O) groups is 1. The molecule has 1 saturated carbocycles. The molecule has 0 aliphatic heterocycles. The maximum atomic E-state index is 12.6. The Morgan fingerprint density at radius 3 is 2.70 bits per heavy atom. The molecule has 1 aromatic carbocycles. The molecule has 37 heavy (non-hydrogen) atoms. The lowest BCUT2D eigenvalue weighted by Crippen LogP contribution is -2.42. The number of ether oxygens (including phenoxy) is 3. The first-order chi connectivity index (χ1) is 17.9. The van der Waals surface area contributed by atoms with E-state index >= 15 is 0 Å². The minimum atomic E-state index is -0.417. The van der Waals surface area contributed by atoms with Crippen molar-refractivity contribution in [2.75, 3.05) is 26.9 Å². The molecule has 1 unspecified atom stereocenters. The number of aryl methyl sites for hydroxylation is 3. The molecule has 4 rings (SSSR count). The fraction of sp³-hybridized carbons (Fsp3) is 0.536. The van der Waals surface area contributed by atoms with Gasteiger partial charge in [0.05, 0.1) is 11.0 Å². The quantitative estimate of drug-likeness (QED) is 0.294. The molecule has 3 aromatic rings.